The molecule has 0 saturated carbocycles. The van der Waals surface area contributed by atoms with E-state index in [0.29, 0.717) is 22.3 Å². The zero-order valence-corrected chi connectivity index (χ0v) is 13.5. The molecule has 2 aromatic rings. The van der Waals surface area contributed by atoms with Crippen LogP contribution in [0.4, 0.5) is 14.6 Å². The lowest BCUT2D eigenvalue weighted by Gasteiger charge is -2.16. The molecule has 1 aliphatic heterocycles. The van der Waals surface area contributed by atoms with Crippen LogP contribution in [0.15, 0.2) is 4.42 Å². The lowest BCUT2D eigenvalue weighted by Crippen LogP contribution is -2.22. The van der Waals surface area contributed by atoms with E-state index in [0.717, 1.165) is 44.0 Å². The van der Waals surface area contributed by atoms with Gasteiger partial charge in [0.15, 0.2) is 17.2 Å². The maximum Gasteiger partial charge on any atom is 0.297 e. The van der Waals surface area contributed by atoms with E-state index < -0.39 is 12.2 Å². The highest BCUT2D eigenvalue weighted by molar-refractivity contribution is 5.85. The van der Waals surface area contributed by atoms with Crippen molar-refractivity contribution in [1.82, 2.24) is 9.97 Å². The molecule has 1 saturated heterocycles. The highest BCUT2D eigenvalue weighted by atomic mass is 19.3. The Balaban J connectivity index is 2.35. The molecule has 0 aromatic carbocycles. The van der Waals surface area contributed by atoms with E-state index in [9.17, 15) is 8.78 Å². The van der Waals surface area contributed by atoms with E-state index in [2.05, 4.69) is 9.97 Å². The number of halogens is 2. The molecule has 3 rings (SSSR count). The van der Waals surface area contributed by atoms with Gasteiger partial charge in [-0.25, -0.2) is 18.7 Å². The summed E-state index contributed by atoms with van der Waals surface area (Å²) < 4.78 is 32.5. The summed E-state index contributed by atoms with van der Waals surface area (Å²) >= 11 is 0. The molecule has 1 aliphatic rings. The zero-order valence-electron chi connectivity index (χ0n) is 13.5. The fourth-order valence-electron chi connectivity index (χ4n) is 2.99. The summed E-state index contributed by atoms with van der Waals surface area (Å²) in [6.07, 6.45) is 4.91. The first kappa shape index (κ1) is 15.9. The standard InChI is InChI=1S/C17H21F2N3O/c1-3-7-11-12(8-4-2)23-14-13(11)20-16(15(18)19)21-17(14)22-9-5-6-10-22/h7-8,15H,3-6,9-10H2,1-2H3/b11-7+,12-8+. The summed E-state index contributed by atoms with van der Waals surface area (Å²) in [5, 5.41) is 0.800. The van der Waals surface area contributed by atoms with E-state index >= 15 is 0 Å². The molecule has 4 nitrogen and oxygen atoms in total. The second-order valence-corrected chi connectivity index (χ2v) is 5.68. The van der Waals surface area contributed by atoms with E-state index in [1.165, 1.54) is 0 Å². The van der Waals surface area contributed by atoms with Gasteiger partial charge in [0.1, 0.15) is 10.9 Å². The van der Waals surface area contributed by atoms with Crippen molar-refractivity contribution in [2.75, 3.05) is 18.0 Å². The van der Waals surface area contributed by atoms with Gasteiger partial charge in [-0.1, -0.05) is 19.9 Å². The molecular formula is C17H21F2N3O. The predicted molar refractivity (Wildman–Crippen MR) is 87.0 cm³/mol. The number of nitrogens with zero attached hydrogens (tertiary/aromatic N) is 3. The minimum atomic E-state index is -2.69. The molecule has 2 aromatic heterocycles. The van der Waals surface area contributed by atoms with Gasteiger partial charge in [0.2, 0.25) is 0 Å². The van der Waals surface area contributed by atoms with Crippen LogP contribution < -0.4 is 15.5 Å². The average molecular weight is 321 g/mol. The molecule has 23 heavy (non-hydrogen) atoms. The number of fused-ring (bicyclic) bond motifs is 1. The number of hydrogen-bond acceptors (Lipinski definition) is 4. The van der Waals surface area contributed by atoms with Crippen LogP contribution in [0.25, 0.3) is 23.3 Å². The predicted octanol–water partition coefficient (Wildman–Crippen LogP) is 3.14. The second kappa shape index (κ2) is 6.64. The summed E-state index contributed by atoms with van der Waals surface area (Å²) in [4.78, 5) is 10.2. The third-order valence-corrected chi connectivity index (χ3v) is 4.00. The molecule has 0 spiro atoms. The van der Waals surface area contributed by atoms with Crippen LogP contribution in [0.3, 0.4) is 0 Å². The maximum absolute atomic E-state index is 13.2. The topological polar surface area (TPSA) is 42.2 Å². The first-order chi connectivity index (χ1) is 11.2. The zero-order chi connectivity index (χ0) is 16.4. The molecule has 0 aliphatic carbocycles. The lowest BCUT2D eigenvalue weighted by molar-refractivity contribution is 0.141. The highest BCUT2D eigenvalue weighted by Gasteiger charge is 2.24. The normalized spacial score (nSPS) is 17.2. The van der Waals surface area contributed by atoms with E-state index in [-0.39, 0.29) is 0 Å². The monoisotopic (exact) mass is 321 g/mol. The third kappa shape index (κ3) is 2.94. The van der Waals surface area contributed by atoms with Gasteiger partial charge < -0.3 is 9.32 Å². The van der Waals surface area contributed by atoms with Gasteiger partial charge in [-0.05, 0) is 31.8 Å². The van der Waals surface area contributed by atoms with Gasteiger partial charge in [-0.15, -0.1) is 0 Å². The Bertz CT molecular complexity index is 807. The van der Waals surface area contributed by atoms with Gasteiger partial charge in [0.25, 0.3) is 6.43 Å². The maximum atomic E-state index is 13.2. The van der Waals surface area contributed by atoms with E-state index in [1.807, 2.05) is 30.9 Å². The number of anilines is 1. The van der Waals surface area contributed by atoms with Gasteiger partial charge in [-0.3, -0.25) is 0 Å². The lowest BCUT2D eigenvalue weighted by atomic mass is 10.2. The van der Waals surface area contributed by atoms with Crippen molar-refractivity contribution in [2.45, 2.75) is 46.0 Å². The molecule has 3 heterocycles. The Morgan fingerprint density at radius 3 is 2.43 bits per heavy atom. The Labute approximate surface area is 133 Å². The van der Waals surface area contributed by atoms with Gasteiger partial charge in [-0.2, -0.15) is 0 Å². The van der Waals surface area contributed by atoms with Crippen molar-refractivity contribution in [3.05, 3.63) is 16.5 Å². The van der Waals surface area contributed by atoms with Crippen LogP contribution in [-0.2, 0) is 0 Å². The summed E-state index contributed by atoms with van der Waals surface area (Å²) in [6.45, 7) is 5.65. The summed E-state index contributed by atoms with van der Waals surface area (Å²) in [7, 11) is 0. The molecule has 1 fully saturated rings. The molecule has 0 atom stereocenters. The van der Waals surface area contributed by atoms with E-state index in [1.54, 1.807) is 0 Å². The number of aromatic nitrogens is 2. The fraction of sp³-hybridized carbons (Fsp3) is 0.529. The molecule has 0 radical (unpaired) electrons. The SMILES string of the molecule is CC/C=c1\c(=C/CC)oc2c(N3CCCC3)nc(C(F)F)nc12. The van der Waals surface area contributed by atoms with Crippen LogP contribution in [-0.4, -0.2) is 23.1 Å². The van der Waals surface area contributed by atoms with Crippen molar-refractivity contribution in [2.24, 2.45) is 0 Å². The molecule has 6 heteroatoms. The van der Waals surface area contributed by atoms with E-state index in [4.69, 9.17) is 4.42 Å². The largest absolute Gasteiger partial charge is 0.451 e. The van der Waals surface area contributed by atoms with Crippen LogP contribution in [0.5, 0.6) is 0 Å². The Morgan fingerprint density at radius 2 is 1.83 bits per heavy atom. The van der Waals surface area contributed by atoms with Crippen LogP contribution >= 0.6 is 0 Å². The van der Waals surface area contributed by atoms with Crippen molar-refractivity contribution in [3.8, 4) is 0 Å². The van der Waals surface area contributed by atoms with Gasteiger partial charge >= 0.3 is 0 Å². The molecule has 0 N–H and O–H groups in total. The highest BCUT2D eigenvalue weighted by Crippen LogP contribution is 2.27. The molecular weight excluding hydrogens is 300 g/mol. The van der Waals surface area contributed by atoms with Crippen molar-refractivity contribution in [3.63, 3.8) is 0 Å². The third-order valence-electron chi connectivity index (χ3n) is 4.00. The molecule has 124 valence electrons. The Kier molecular flexibility index (Phi) is 4.59. The smallest absolute Gasteiger partial charge is 0.297 e. The van der Waals surface area contributed by atoms with Crippen molar-refractivity contribution >= 4 is 29.1 Å². The Morgan fingerprint density at radius 1 is 1.13 bits per heavy atom. The fourth-order valence-corrected chi connectivity index (χ4v) is 2.99. The summed E-state index contributed by atoms with van der Waals surface area (Å²) in [6, 6.07) is 0. The number of rotatable bonds is 4. The second-order valence-electron chi connectivity index (χ2n) is 5.68. The summed E-state index contributed by atoms with van der Waals surface area (Å²) in [5.74, 6) is 0.0818. The van der Waals surface area contributed by atoms with Crippen LogP contribution in [0.2, 0.25) is 0 Å². The number of furan rings is 1. The average Bonchev–Trinajstić information content (AvgIpc) is 3.16. The minimum Gasteiger partial charge on any atom is -0.451 e. The quantitative estimate of drug-likeness (QED) is 0.867. The van der Waals surface area contributed by atoms with Crippen LogP contribution in [0, 0.1) is 0 Å². The number of alkyl halides is 2. The van der Waals surface area contributed by atoms with Crippen LogP contribution in [0.1, 0.15) is 51.8 Å². The number of hydrogen-bond donors (Lipinski definition) is 0. The molecule has 0 amide bonds. The Hall–Kier alpha value is -1.98. The molecule has 0 bridgehead atoms. The van der Waals surface area contributed by atoms with Gasteiger partial charge in [0.05, 0.1) is 0 Å². The van der Waals surface area contributed by atoms with Crippen molar-refractivity contribution in [1.29, 1.82) is 0 Å². The van der Waals surface area contributed by atoms with Crippen molar-refractivity contribution < 1.29 is 13.2 Å². The first-order valence-electron chi connectivity index (χ1n) is 8.19. The van der Waals surface area contributed by atoms with Gasteiger partial charge in [0, 0.05) is 18.3 Å². The minimum absolute atomic E-state index is 0.422. The summed E-state index contributed by atoms with van der Waals surface area (Å²) in [5.41, 5.74) is 1.72. The first-order valence-corrected chi connectivity index (χ1v) is 8.19. The molecule has 0 unspecified atom stereocenters.